The Balaban J connectivity index is 2.63. The summed E-state index contributed by atoms with van der Waals surface area (Å²) in [4.78, 5) is 11.8. The highest BCUT2D eigenvalue weighted by atomic mass is 16.5. The molecule has 0 radical (unpaired) electrons. The van der Waals surface area contributed by atoms with Crippen molar-refractivity contribution in [1.29, 1.82) is 5.41 Å². The summed E-state index contributed by atoms with van der Waals surface area (Å²) in [6, 6.07) is 6.84. The highest BCUT2D eigenvalue weighted by Gasteiger charge is 2.12. The van der Waals surface area contributed by atoms with Gasteiger partial charge in [0.2, 0.25) is 0 Å². The fourth-order valence-corrected chi connectivity index (χ4v) is 1.51. The van der Waals surface area contributed by atoms with Crippen LogP contribution in [0.3, 0.4) is 0 Å². The number of anilines is 1. The van der Waals surface area contributed by atoms with Gasteiger partial charge in [0.1, 0.15) is 0 Å². The molecule has 5 nitrogen and oxygen atoms in total. The molecule has 0 spiro atoms. The van der Waals surface area contributed by atoms with Crippen LogP contribution in [0.4, 0.5) is 5.69 Å². The van der Waals surface area contributed by atoms with E-state index in [0.717, 1.165) is 19.3 Å². The SMILES string of the molecule is CCCCCOC(=O)c1ccccc1NC(=N)N. The van der Waals surface area contributed by atoms with Crippen LogP contribution in [0.25, 0.3) is 0 Å². The summed E-state index contributed by atoms with van der Waals surface area (Å²) in [6.45, 7) is 2.51. The Morgan fingerprint density at radius 1 is 1.39 bits per heavy atom. The largest absolute Gasteiger partial charge is 0.462 e. The standard InChI is InChI=1S/C13H19N3O2/c1-2-3-6-9-18-12(17)10-7-4-5-8-11(10)16-13(14)15/h4-5,7-8H,2-3,6,9H2,1H3,(H4,14,15,16). The minimum atomic E-state index is -0.393. The molecule has 0 aliphatic rings. The third kappa shape index (κ3) is 4.45. The fourth-order valence-electron chi connectivity index (χ4n) is 1.51. The molecule has 1 aromatic carbocycles. The lowest BCUT2D eigenvalue weighted by Gasteiger charge is -2.10. The zero-order chi connectivity index (χ0) is 13.4. The van der Waals surface area contributed by atoms with Crippen molar-refractivity contribution in [3.63, 3.8) is 0 Å². The first kappa shape index (κ1) is 14.0. The summed E-state index contributed by atoms with van der Waals surface area (Å²) in [7, 11) is 0. The molecule has 0 aliphatic carbocycles. The molecule has 98 valence electrons. The van der Waals surface area contributed by atoms with Crippen LogP contribution < -0.4 is 11.1 Å². The van der Waals surface area contributed by atoms with Crippen molar-refractivity contribution >= 4 is 17.6 Å². The van der Waals surface area contributed by atoms with E-state index in [2.05, 4.69) is 12.2 Å². The molecule has 1 aromatic rings. The van der Waals surface area contributed by atoms with Crippen molar-refractivity contribution in [3.05, 3.63) is 29.8 Å². The fraction of sp³-hybridized carbons (Fsp3) is 0.385. The Morgan fingerprint density at radius 2 is 2.11 bits per heavy atom. The third-order valence-electron chi connectivity index (χ3n) is 2.40. The van der Waals surface area contributed by atoms with Gasteiger partial charge in [0, 0.05) is 0 Å². The van der Waals surface area contributed by atoms with Gasteiger partial charge in [-0.2, -0.15) is 0 Å². The van der Waals surface area contributed by atoms with Gasteiger partial charge in [0.15, 0.2) is 5.96 Å². The van der Waals surface area contributed by atoms with Crippen molar-refractivity contribution in [2.45, 2.75) is 26.2 Å². The van der Waals surface area contributed by atoms with Crippen LogP contribution in [-0.2, 0) is 4.74 Å². The maximum absolute atomic E-state index is 11.8. The molecule has 4 N–H and O–H groups in total. The maximum atomic E-state index is 11.8. The number of carbonyl (C=O) groups is 1. The number of para-hydroxylation sites is 1. The highest BCUT2D eigenvalue weighted by Crippen LogP contribution is 2.16. The van der Waals surface area contributed by atoms with Gasteiger partial charge in [0.25, 0.3) is 0 Å². The lowest BCUT2D eigenvalue weighted by atomic mass is 10.2. The van der Waals surface area contributed by atoms with E-state index < -0.39 is 5.97 Å². The molecule has 0 saturated carbocycles. The van der Waals surface area contributed by atoms with Crippen molar-refractivity contribution in [2.24, 2.45) is 5.73 Å². The van der Waals surface area contributed by atoms with E-state index in [1.54, 1.807) is 24.3 Å². The van der Waals surface area contributed by atoms with Crippen LogP contribution in [0.15, 0.2) is 24.3 Å². The van der Waals surface area contributed by atoms with E-state index >= 15 is 0 Å². The predicted molar refractivity (Wildman–Crippen MR) is 71.8 cm³/mol. The Labute approximate surface area is 107 Å². The minimum absolute atomic E-state index is 0.207. The summed E-state index contributed by atoms with van der Waals surface area (Å²) in [6.07, 6.45) is 2.99. The molecule has 0 atom stereocenters. The molecule has 5 heteroatoms. The number of esters is 1. The van der Waals surface area contributed by atoms with Crippen LogP contribution in [-0.4, -0.2) is 18.5 Å². The van der Waals surface area contributed by atoms with Gasteiger partial charge >= 0.3 is 5.97 Å². The topological polar surface area (TPSA) is 88.2 Å². The number of unbranched alkanes of at least 4 members (excludes halogenated alkanes) is 2. The van der Waals surface area contributed by atoms with Gasteiger partial charge in [-0.25, -0.2) is 4.79 Å². The molecule has 0 heterocycles. The normalized spacial score (nSPS) is 9.83. The summed E-state index contributed by atoms with van der Waals surface area (Å²) < 4.78 is 5.16. The van der Waals surface area contributed by atoms with E-state index in [-0.39, 0.29) is 5.96 Å². The first-order chi connectivity index (χ1) is 8.65. The molecule has 0 saturated heterocycles. The lowest BCUT2D eigenvalue weighted by Crippen LogP contribution is -2.22. The molecule has 0 bridgehead atoms. The van der Waals surface area contributed by atoms with Crippen LogP contribution >= 0.6 is 0 Å². The van der Waals surface area contributed by atoms with Crippen molar-refractivity contribution < 1.29 is 9.53 Å². The van der Waals surface area contributed by atoms with Gasteiger partial charge in [-0.1, -0.05) is 31.9 Å². The average Bonchev–Trinajstić information content (AvgIpc) is 2.34. The second kappa shape index (κ2) is 7.32. The highest BCUT2D eigenvalue weighted by molar-refractivity contribution is 6.00. The van der Waals surface area contributed by atoms with Gasteiger partial charge in [-0.3, -0.25) is 5.41 Å². The van der Waals surface area contributed by atoms with E-state index in [9.17, 15) is 4.79 Å². The van der Waals surface area contributed by atoms with Crippen molar-refractivity contribution in [1.82, 2.24) is 0 Å². The molecule has 0 aromatic heterocycles. The smallest absolute Gasteiger partial charge is 0.340 e. The van der Waals surface area contributed by atoms with E-state index in [4.69, 9.17) is 15.9 Å². The van der Waals surface area contributed by atoms with Crippen LogP contribution in [0.1, 0.15) is 36.5 Å². The summed E-state index contributed by atoms with van der Waals surface area (Å²) in [5.41, 5.74) is 6.14. The molecular formula is C13H19N3O2. The Kier molecular flexibility index (Phi) is 5.70. The van der Waals surface area contributed by atoms with Crippen LogP contribution in [0.5, 0.6) is 0 Å². The monoisotopic (exact) mass is 249 g/mol. The molecule has 18 heavy (non-hydrogen) atoms. The van der Waals surface area contributed by atoms with E-state index in [0.29, 0.717) is 17.9 Å². The zero-order valence-corrected chi connectivity index (χ0v) is 10.5. The van der Waals surface area contributed by atoms with Crippen molar-refractivity contribution in [2.75, 3.05) is 11.9 Å². The number of hydrogen-bond donors (Lipinski definition) is 3. The van der Waals surface area contributed by atoms with E-state index in [1.165, 1.54) is 0 Å². The average molecular weight is 249 g/mol. The maximum Gasteiger partial charge on any atom is 0.340 e. The number of ether oxygens (including phenoxy) is 1. The minimum Gasteiger partial charge on any atom is -0.462 e. The van der Waals surface area contributed by atoms with Gasteiger partial charge in [0.05, 0.1) is 17.9 Å². The Bertz CT molecular complexity index is 418. The van der Waals surface area contributed by atoms with Crippen LogP contribution in [0.2, 0.25) is 0 Å². The lowest BCUT2D eigenvalue weighted by molar-refractivity contribution is 0.0499. The second-order valence-corrected chi connectivity index (χ2v) is 3.93. The molecule has 0 fully saturated rings. The molecule has 0 amide bonds. The third-order valence-corrected chi connectivity index (χ3v) is 2.40. The Morgan fingerprint density at radius 3 is 2.78 bits per heavy atom. The second-order valence-electron chi connectivity index (χ2n) is 3.93. The number of benzene rings is 1. The number of nitrogens with two attached hydrogens (primary N) is 1. The molecule has 1 rings (SSSR count). The quantitative estimate of drug-likeness (QED) is 0.312. The first-order valence-electron chi connectivity index (χ1n) is 6.02. The number of guanidine groups is 1. The van der Waals surface area contributed by atoms with Gasteiger partial charge in [-0.05, 0) is 18.6 Å². The molecule has 0 aliphatic heterocycles. The zero-order valence-electron chi connectivity index (χ0n) is 10.5. The Hall–Kier alpha value is -2.04. The first-order valence-corrected chi connectivity index (χ1v) is 6.02. The summed E-state index contributed by atoms with van der Waals surface area (Å²) >= 11 is 0. The number of nitrogens with one attached hydrogen (secondary N) is 2. The number of hydrogen-bond acceptors (Lipinski definition) is 3. The molecule has 0 unspecified atom stereocenters. The van der Waals surface area contributed by atoms with Gasteiger partial charge in [-0.15, -0.1) is 0 Å². The van der Waals surface area contributed by atoms with E-state index in [1.807, 2.05) is 0 Å². The summed E-state index contributed by atoms with van der Waals surface area (Å²) in [5, 5.41) is 9.79. The van der Waals surface area contributed by atoms with Crippen molar-refractivity contribution in [3.8, 4) is 0 Å². The number of carbonyl (C=O) groups excluding carboxylic acids is 1. The summed E-state index contributed by atoms with van der Waals surface area (Å²) in [5.74, 6) is -0.600. The van der Waals surface area contributed by atoms with Crippen LogP contribution in [0, 0.1) is 5.41 Å². The van der Waals surface area contributed by atoms with Gasteiger partial charge < -0.3 is 15.8 Å². The number of rotatable bonds is 6. The predicted octanol–water partition coefficient (Wildman–Crippen LogP) is 2.34. The molecular weight excluding hydrogens is 230 g/mol.